The minimum absolute atomic E-state index is 0.214. The Morgan fingerprint density at radius 1 is 1.29 bits per heavy atom. The molecule has 3 N–H and O–H groups in total. The minimum Gasteiger partial charge on any atom is -0.508 e. The molecule has 0 radical (unpaired) electrons. The van der Waals surface area contributed by atoms with Crippen LogP contribution < -0.4 is 0 Å². The molecule has 0 saturated carbocycles. The summed E-state index contributed by atoms with van der Waals surface area (Å²) in [6, 6.07) is 6.83. The number of H-pyrrole nitrogens is 1. The van der Waals surface area contributed by atoms with Gasteiger partial charge in [0.15, 0.2) is 6.29 Å². The van der Waals surface area contributed by atoms with Crippen LogP contribution >= 0.6 is 0 Å². The lowest BCUT2D eigenvalue weighted by Crippen LogP contribution is -2.71. The molecule has 4 saturated heterocycles. The van der Waals surface area contributed by atoms with Gasteiger partial charge in [0.2, 0.25) is 0 Å². The van der Waals surface area contributed by atoms with E-state index in [0.717, 1.165) is 23.7 Å². The number of nitrogens with zero attached hydrogens (tertiary/aromatic N) is 1. The van der Waals surface area contributed by atoms with Crippen molar-refractivity contribution in [1.29, 1.82) is 0 Å². The van der Waals surface area contributed by atoms with E-state index in [2.05, 4.69) is 16.8 Å². The van der Waals surface area contributed by atoms with Crippen molar-refractivity contribution in [2.24, 2.45) is 17.8 Å². The van der Waals surface area contributed by atoms with E-state index in [1.807, 2.05) is 12.1 Å². The molecule has 1 aromatic carbocycles. The summed E-state index contributed by atoms with van der Waals surface area (Å²) in [5.74, 6) is 1.63. The van der Waals surface area contributed by atoms with Crippen molar-refractivity contribution in [2.45, 2.75) is 44.2 Å². The highest BCUT2D eigenvalue weighted by Crippen LogP contribution is 2.58. The monoisotopic (exact) mass is 326 g/mol. The van der Waals surface area contributed by atoms with Crippen molar-refractivity contribution >= 4 is 10.9 Å². The van der Waals surface area contributed by atoms with Gasteiger partial charge < -0.3 is 19.9 Å². The van der Waals surface area contributed by atoms with Gasteiger partial charge >= 0.3 is 0 Å². The number of piperidine rings is 3. The standard InChI is InChI=1S/C19H22N2O3/c1-8-13-7-24-19(23)17-11(13)5-16-18-12(6-15(17)21(8)16)10-4-9(22)2-3-14(10)20-18/h2-4,8,11,13,15-17,19-20,22-23H,5-7H2,1H3/t8-,11+,13+,15-,16-,17?,19?/m0/s1. The zero-order valence-electron chi connectivity index (χ0n) is 13.6. The number of aromatic nitrogens is 1. The maximum absolute atomic E-state index is 10.5. The third-order valence-electron chi connectivity index (χ3n) is 7.27. The second kappa shape index (κ2) is 4.34. The van der Waals surface area contributed by atoms with E-state index in [-0.39, 0.29) is 5.92 Å². The van der Waals surface area contributed by atoms with Crippen LogP contribution in [0.1, 0.15) is 30.6 Å². The van der Waals surface area contributed by atoms with Gasteiger partial charge in [-0.05, 0) is 49.4 Å². The Balaban J connectivity index is 1.56. The van der Waals surface area contributed by atoms with Crippen molar-refractivity contribution in [3.63, 3.8) is 0 Å². The van der Waals surface area contributed by atoms with Crippen molar-refractivity contribution in [2.75, 3.05) is 6.61 Å². The molecule has 5 nitrogen and oxygen atoms in total. The van der Waals surface area contributed by atoms with Crippen molar-refractivity contribution in [3.05, 3.63) is 29.5 Å². The number of fused-ring (bicyclic) bond motifs is 3. The normalized spacial score (nSPS) is 45.4. The molecule has 6 heterocycles. The van der Waals surface area contributed by atoms with E-state index in [9.17, 15) is 10.2 Å². The van der Waals surface area contributed by atoms with Gasteiger partial charge in [0, 0.05) is 40.5 Å². The topological polar surface area (TPSA) is 68.7 Å². The highest BCUT2D eigenvalue weighted by molar-refractivity contribution is 5.86. The fourth-order valence-corrected chi connectivity index (χ4v) is 6.34. The summed E-state index contributed by atoms with van der Waals surface area (Å²) in [4.78, 5) is 6.29. The fraction of sp³-hybridized carbons (Fsp3) is 0.579. The molecular formula is C19H22N2O3. The first kappa shape index (κ1) is 13.7. The molecule has 5 aliphatic rings. The van der Waals surface area contributed by atoms with Gasteiger partial charge in [0.1, 0.15) is 5.75 Å². The van der Waals surface area contributed by atoms with Crippen LogP contribution in [0.25, 0.3) is 10.9 Å². The first-order chi connectivity index (χ1) is 11.6. The van der Waals surface area contributed by atoms with Gasteiger partial charge in [-0.2, -0.15) is 0 Å². The third kappa shape index (κ3) is 1.47. The Hall–Kier alpha value is -1.56. The number of aromatic amines is 1. The lowest BCUT2D eigenvalue weighted by atomic mass is 9.58. The molecule has 6 bridgehead atoms. The van der Waals surface area contributed by atoms with Gasteiger partial charge in [-0.15, -0.1) is 0 Å². The van der Waals surface area contributed by atoms with E-state index in [0.29, 0.717) is 42.3 Å². The molecule has 0 spiro atoms. The summed E-state index contributed by atoms with van der Waals surface area (Å²) in [6.45, 7) is 3.01. The highest BCUT2D eigenvalue weighted by Gasteiger charge is 2.61. The number of phenolic OH excluding ortho intramolecular Hbond substituents is 1. The molecular weight excluding hydrogens is 304 g/mol. The summed E-state index contributed by atoms with van der Waals surface area (Å²) in [5, 5.41) is 21.5. The number of nitrogens with one attached hydrogen (secondary N) is 1. The van der Waals surface area contributed by atoms with Gasteiger partial charge in [-0.3, -0.25) is 4.90 Å². The van der Waals surface area contributed by atoms with Crippen LogP contribution in [0.4, 0.5) is 0 Å². The average Bonchev–Trinajstić information content (AvgIpc) is 2.92. The maximum Gasteiger partial charge on any atom is 0.159 e. The van der Waals surface area contributed by atoms with E-state index in [1.54, 1.807) is 6.07 Å². The van der Waals surface area contributed by atoms with Gasteiger partial charge in [0.25, 0.3) is 0 Å². The van der Waals surface area contributed by atoms with E-state index >= 15 is 0 Å². The molecule has 2 aromatic rings. The van der Waals surface area contributed by atoms with Crippen LogP contribution in [0.2, 0.25) is 0 Å². The van der Waals surface area contributed by atoms with Gasteiger partial charge in [0.05, 0.1) is 12.6 Å². The van der Waals surface area contributed by atoms with Crippen LogP contribution in [0, 0.1) is 17.8 Å². The number of ether oxygens (including phenoxy) is 1. The van der Waals surface area contributed by atoms with Crippen LogP contribution in [0.15, 0.2) is 18.2 Å². The number of aliphatic hydroxyl groups excluding tert-OH is 1. The van der Waals surface area contributed by atoms with Crippen LogP contribution in [0.5, 0.6) is 5.75 Å². The average molecular weight is 326 g/mol. The first-order valence-corrected chi connectivity index (χ1v) is 9.04. The molecule has 7 rings (SSSR count). The Morgan fingerprint density at radius 2 is 2.17 bits per heavy atom. The number of aromatic hydroxyl groups is 1. The number of aliphatic hydroxyl groups is 1. The summed E-state index contributed by atoms with van der Waals surface area (Å²) in [6.07, 6.45) is 1.39. The SMILES string of the molecule is C[C@H]1[C@H]2COC(O)C3[C@@H]2C[C@H]2c4[nH]c5ccc(O)cc5c4C[C@@H]3N21. The highest BCUT2D eigenvalue weighted by atomic mass is 16.6. The summed E-state index contributed by atoms with van der Waals surface area (Å²) in [7, 11) is 0. The summed E-state index contributed by atoms with van der Waals surface area (Å²) in [5.41, 5.74) is 3.76. The predicted octanol–water partition coefficient (Wildman–Crippen LogP) is 2.14. The molecule has 126 valence electrons. The van der Waals surface area contributed by atoms with E-state index in [1.165, 1.54) is 11.3 Å². The summed E-state index contributed by atoms with van der Waals surface area (Å²) < 4.78 is 5.72. The molecule has 8 atom stereocenters. The number of benzene rings is 1. The number of rotatable bonds is 0. The second-order valence-corrected chi connectivity index (χ2v) is 8.09. The molecule has 1 aromatic heterocycles. The molecule has 24 heavy (non-hydrogen) atoms. The predicted molar refractivity (Wildman–Crippen MR) is 88.5 cm³/mol. The Kier molecular flexibility index (Phi) is 2.48. The number of phenols is 1. The molecule has 5 heteroatoms. The Bertz CT molecular complexity index is 846. The second-order valence-electron chi connectivity index (χ2n) is 8.09. The lowest BCUT2D eigenvalue weighted by Gasteiger charge is -2.65. The van der Waals surface area contributed by atoms with E-state index < -0.39 is 6.29 Å². The minimum atomic E-state index is -0.632. The van der Waals surface area contributed by atoms with Crippen LogP contribution in [-0.4, -0.2) is 45.1 Å². The van der Waals surface area contributed by atoms with Crippen LogP contribution in [0.3, 0.4) is 0 Å². The van der Waals surface area contributed by atoms with Crippen molar-refractivity contribution < 1.29 is 14.9 Å². The van der Waals surface area contributed by atoms with Gasteiger partial charge in [-0.1, -0.05) is 0 Å². The maximum atomic E-state index is 10.5. The van der Waals surface area contributed by atoms with Gasteiger partial charge in [-0.25, -0.2) is 0 Å². The van der Waals surface area contributed by atoms with Crippen molar-refractivity contribution in [1.82, 2.24) is 9.88 Å². The molecule has 3 unspecified atom stereocenters. The summed E-state index contributed by atoms with van der Waals surface area (Å²) >= 11 is 0. The molecule has 5 aliphatic heterocycles. The third-order valence-corrected chi connectivity index (χ3v) is 7.27. The largest absolute Gasteiger partial charge is 0.508 e. The zero-order chi connectivity index (χ0) is 16.2. The smallest absolute Gasteiger partial charge is 0.159 e. The zero-order valence-corrected chi connectivity index (χ0v) is 13.6. The Labute approximate surface area is 140 Å². The van der Waals surface area contributed by atoms with Crippen LogP contribution in [-0.2, 0) is 11.2 Å². The molecule has 0 amide bonds. The number of hydrogen-bond acceptors (Lipinski definition) is 4. The molecule has 0 aliphatic carbocycles. The Morgan fingerprint density at radius 3 is 3.04 bits per heavy atom. The number of hydrogen-bond donors (Lipinski definition) is 3. The first-order valence-electron chi connectivity index (χ1n) is 9.04. The fourth-order valence-electron chi connectivity index (χ4n) is 6.34. The lowest BCUT2D eigenvalue weighted by molar-refractivity contribution is -0.280. The molecule has 4 fully saturated rings. The quantitative estimate of drug-likeness (QED) is 0.694. The van der Waals surface area contributed by atoms with Crippen molar-refractivity contribution in [3.8, 4) is 5.75 Å². The van der Waals surface area contributed by atoms with E-state index in [4.69, 9.17) is 4.74 Å².